The number of nitrogens with one attached hydrogen (secondary N) is 1. The molecule has 0 radical (unpaired) electrons. The van der Waals surface area contributed by atoms with E-state index in [1.54, 1.807) is 11.3 Å². The van der Waals surface area contributed by atoms with Crippen molar-refractivity contribution < 1.29 is 0 Å². The quantitative estimate of drug-likeness (QED) is 0.756. The lowest BCUT2D eigenvalue weighted by atomic mass is 10.1. The third-order valence-corrected chi connectivity index (χ3v) is 4.46. The summed E-state index contributed by atoms with van der Waals surface area (Å²) < 4.78 is 3.41. The van der Waals surface area contributed by atoms with Crippen LogP contribution in [0.4, 0.5) is 0 Å². The number of imidazole rings is 1. The number of hydrogen-bond acceptors (Lipinski definition) is 4. The molecule has 3 aromatic heterocycles. The molecule has 0 bridgehead atoms. The summed E-state index contributed by atoms with van der Waals surface area (Å²) >= 11 is 1.73. The fourth-order valence-corrected chi connectivity index (χ4v) is 3.30. The summed E-state index contributed by atoms with van der Waals surface area (Å²) in [5, 5.41) is 5.69. The van der Waals surface area contributed by atoms with E-state index < -0.39 is 0 Å². The first kappa shape index (κ1) is 14.2. The van der Waals surface area contributed by atoms with Gasteiger partial charge in [0, 0.05) is 25.1 Å². The van der Waals surface area contributed by atoms with Crippen LogP contribution in [0.15, 0.2) is 36.1 Å². The van der Waals surface area contributed by atoms with E-state index in [-0.39, 0.29) is 6.04 Å². The van der Waals surface area contributed by atoms with Gasteiger partial charge in [0.05, 0.1) is 16.3 Å². The van der Waals surface area contributed by atoms with E-state index in [0.717, 1.165) is 30.9 Å². The second-order valence-corrected chi connectivity index (χ2v) is 5.98. The summed E-state index contributed by atoms with van der Waals surface area (Å²) in [6, 6.07) is 4.39. The Morgan fingerprint density at radius 3 is 3.05 bits per heavy atom. The van der Waals surface area contributed by atoms with Crippen molar-refractivity contribution in [3.8, 4) is 0 Å². The molecule has 0 aliphatic carbocycles. The lowest BCUT2D eigenvalue weighted by Gasteiger charge is -2.19. The number of pyridine rings is 1. The van der Waals surface area contributed by atoms with E-state index in [1.807, 2.05) is 18.6 Å². The molecule has 0 saturated carbocycles. The van der Waals surface area contributed by atoms with E-state index in [1.165, 1.54) is 10.3 Å². The maximum Gasteiger partial charge on any atom is 0.130 e. The largest absolute Gasteiger partial charge is 0.334 e. The molecule has 1 atom stereocenters. The molecule has 0 amide bonds. The van der Waals surface area contributed by atoms with Gasteiger partial charge in [0.2, 0.25) is 0 Å². The van der Waals surface area contributed by atoms with E-state index in [9.17, 15) is 0 Å². The zero-order chi connectivity index (χ0) is 14.7. The molecule has 4 nitrogen and oxygen atoms in total. The molecule has 1 unspecified atom stereocenters. The van der Waals surface area contributed by atoms with Crippen molar-refractivity contribution in [3.05, 3.63) is 47.5 Å². The summed E-state index contributed by atoms with van der Waals surface area (Å²) in [5.41, 5.74) is 2.25. The number of nitrogens with zero attached hydrogens (tertiary/aromatic N) is 3. The average molecular weight is 300 g/mol. The van der Waals surface area contributed by atoms with E-state index >= 15 is 0 Å². The first-order valence-corrected chi connectivity index (χ1v) is 8.29. The molecule has 3 heterocycles. The van der Waals surface area contributed by atoms with E-state index in [0.29, 0.717) is 0 Å². The molecule has 110 valence electrons. The van der Waals surface area contributed by atoms with Crippen molar-refractivity contribution in [3.63, 3.8) is 0 Å². The van der Waals surface area contributed by atoms with Crippen LogP contribution in [0.5, 0.6) is 0 Å². The summed E-state index contributed by atoms with van der Waals surface area (Å²) in [7, 11) is 0. The Bertz CT molecular complexity index is 716. The van der Waals surface area contributed by atoms with Crippen LogP contribution in [0.25, 0.3) is 10.2 Å². The van der Waals surface area contributed by atoms with Crippen LogP contribution in [0.1, 0.15) is 37.7 Å². The first-order valence-electron chi connectivity index (χ1n) is 7.41. The minimum absolute atomic E-state index is 0.0962. The predicted molar refractivity (Wildman–Crippen MR) is 87.7 cm³/mol. The lowest BCUT2D eigenvalue weighted by Crippen LogP contribution is -2.26. The Balaban J connectivity index is 2.01. The minimum Gasteiger partial charge on any atom is -0.334 e. The van der Waals surface area contributed by atoms with Crippen LogP contribution in [-0.4, -0.2) is 21.1 Å². The second-order valence-electron chi connectivity index (χ2n) is 5.03. The average Bonchev–Trinajstić information content (AvgIpc) is 3.15. The fraction of sp³-hybridized carbons (Fsp3) is 0.375. The normalized spacial score (nSPS) is 12.9. The van der Waals surface area contributed by atoms with Crippen molar-refractivity contribution in [1.29, 1.82) is 0 Å². The molecule has 3 aromatic rings. The highest BCUT2D eigenvalue weighted by atomic mass is 32.1. The standard InChI is InChI=1S/C16H20N4S/c1-3-6-17-15(16-18-7-8-20(16)4-2)12-10-14-13(19-11-12)5-9-21-14/h5,7-11,15,17H,3-4,6H2,1-2H3. The number of aromatic nitrogens is 3. The van der Waals surface area contributed by atoms with Crippen LogP contribution in [0.2, 0.25) is 0 Å². The second kappa shape index (κ2) is 6.37. The van der Waals surface area contributed by atoms with Crippen molar-refractivity contribution >= 4 is 21.6 Å². The fourth-order valence-electron chi connectivity index (χ4n) is 2.51. The van der Waals surface area contributed by atoms with Gasteiger partial charge in [-0.1, -0.05) is 6.92 Å². The van der Waals surface area contributed by atoms with E-state index in [4.69, 9.17) is 0 Å². The molecular weight excluding hydrogens is 280 g/mol. The molecule has 3 rings (SSSR count). The number of thiophene rings is 1. The molecular formula is C16H20N4S. The van der Waals surface area contributed by atoms with Gasteiger partial charge in [0.1, 0.15) is 5.82 Å². The zero-order valence-electron chi connectivity index (χ0n) is 12.4. The Labute approximate surface area is 128 Å². The molecule has 0 aromatic carbocycles. The van der Waals surface area contributed by atoms with Gasteiger partial charge < -0.3 is 9.88 Å². The molecule has 0 saturated heterocycles. The maximum absolute atomic E-state index is 4.57. The molecule has 0 spiro atoms. The van der Waals surface area contributed by atoms with Gasteiger partial charge >= 0.3 is 0 Å². The maximum atomic E-state index is 4.57. The Kier molecular flexibility index (Phi) is 4.31. The third kappa shape index (κ3) is 2.84. The molecule has 21 heavy (non-hydrogen) atoms. The highest BCUT2D eigenvalue weighted by molar-refractivity contribution is 7.17. The Hall–Kier alpha value is -1.72. The molecule has 0 fully saturated rings. The number of hydrogen-bond donors (Lipinski definition) is 1. The predicted octanol–water partition coefficient (Wildman–Crippen LogP) is 3.60. The van der Waals surface area contributed by atoms with E-state index in [2.05, 4.69) is 51.2 Å². The number of aryl methyl sites for hydroxylation is 1. The van der Waals surface area contributed by atoms with Gasteiger partial charge in [-0.3, -0.25) is 4.98 Å². The van der Waals surface area contributed by atoms with Crippen molar-refractivity contribution in [1.82, 2.24) is 19.9 Å². The van der Waals surface area contributed by atoms with Gasteiger partial charge in [0.25, 0.3) is 0 Å². The molecule has 0 aliphatic rings. The molecule has 5 heteroatoms. The van der Waals surface area contributed by atoms with Gasteiger partial charge in [-0.15, -0.1) is 11.3 Å². The third-order valence-electron chi connectivity index (χ3n) is 3.60. The van der Waals surface area contributed by atoms with Gasteiger partial charge in [-0.05, 0) is 43.0 Å². The van der Waals surface area contributed by atoms with Crippen LogP contribution in [0, 0.1) is 0 Å². The SMILES string of the molecule is CCCNC(c1cnc2ccsc2c1)c1nccn1CC. The lowest BCUT2D eigenvalue weighted by molar-refractivity contribution is 0.541. The van der Waals surface area contributed by atoms with Gasteiger partial charge in [-0.25, -0.2) is 4.98 Å². The summed E-state index contributed by atoms with van der Waals surface area (Å²) in [5.74, 6) is 1.06. The zero-order valence-corrected chi connectivity index (χ0v) is 13.2. The Morgan fingerprint density at radius 2 is 2.24 bits per heavy atom. The van der Waals surface area contributed by atoms with Crippen LogP contribution in [-0.2, 0) is 6.54 Å². The number of fused-ring (bicyclic) bond motifs is 1. The highest BCUT2D eigenvalue weighted by Crippen LogP contribution is 2.26. The van der Waals surface area contributed by atoms with Crippen LogP contribution < -0.4 is 5.32 Å². The van der Waals surface area contributed by atoms with Gasteiger partial charge in [-0.2, -0.15) is 0 Å². The topological polar surface area (TPSA) is 42.7 Å². The first-order chi connectivity index (χ1) is 10.3. The van der Waals surface area contributed by atoms with Crippen molar-refractivity contribution in [2.75, 3.05) is 6.54 Å². The van der Waals surface area contributed by atoms with Crippen LogP contribution >= 0.6 is 11.3 Å². The van der Waals surface area contributed by atoms with Crippen molar-refractivity contribution in [2.24, 2.45) is 0 Å². The highest BCUT2D eigenvalue weighted by Gasteiger charge is 2.19. The monoisotopic (exact) mass is 300 g/mol. The summed E-state index contributed by atoms with van der Waals surface area (Å²) in [4.78, 5) is 9.13. The minimum atomic E-state index is 0.0962. The van der Waals surface area contributed by atoms with Gasteiger partial charge in [0.15, 0.2) is 0 Å². The Morgan fingerprint density at radius 1 is 1.33 bits per heavy atom. The number of rotatable bonds is 6. The summed E-state index contributed by atoms with van der Waals surface area (Å²) in [6.07, 6.45) is 6.97. The molecule has 0 aliphatic heterocycles. The smallest absolute Gasteiger partial charge is 0.130 e. The molecule has 1 N–H and O–H groups in total. The van der Waals surface area contributed by atoms with Crippen LogP contribution in [0.3, 0.4) is 0 Å². The van der Waals surface area contributed by atoms with Crippen molar-refractivity contribution in [2.45, 2.75) is 32.9 Å². The summed E-state index contributed by atoms with van der Waals surface area (Å²) in [6.45, 7) is 6.21.